The molecule has 1 amide bonds. The van der Waals surface area contributed by atoms with Crippen molar-refractivity contribution in [1.82, 2.24) is 14.7 Å². The first kappa shape index (κ1) is 15.1. The van der Waals surface area contributed by atoms with Gasteiger partial charge in [-0.2, -0.15) is 5.10 Å². The summed E-state index contributed by atoms with van der Waals surface area (Å²) in [5.74, 6) is 0.424. The fraction of sp³-hybridized carbons (Fsp3) is 0.421. The largest absolute Gasteiger partial charge is 0.336 e. The normalized spacial score (nSPS) is 18.1. The van der Waals surface area contributed by atoms with Gasteiger partial charge in [0.15, 0.2) is 0 Å². The van der Waals surface area contributed by atoms with Crippen LogP contribution in [0.1, 0.15) is 48.5 Å². The summed E-state index contributed by atoms with van der Waals surface area (Å²) >= 11 is 0. The van der Waals surface area contributed by atoms with E-state index in [9.17, 15) is 9.59 Å². The monoisotopic (exact) mass is 323 g/mol. The van der Waals surface area contributed by atoms with Crippen molar-refractivity contribution >= 4 is 5.91 Å². The molecule has 1 aliphatic carbocycles. The highest BCUT2D eigenvalue weighted by Crippen LogP contribution is 2.38. The van der Waals surface area contributed by atoms with Crippen molar-refractivity contribution in [1.29, 1.82) is 0 Å². The second kappa shape index (κ2) is 5.89. The summed E-state index contributed by atoms with van der Waals surface area (Å²) in [4.78, 5) is 26.9. The summed E-state index contributed by atoms with van der Waals surface area (Å²) in [5, 5.41) is 4.45. The number of carbonyl (C=O) groups is 1. The number of hydrogen-bond donors (Lipinski definition) is 0. The van der Waals surface area contributed by atoms with E-state index in [2.05, 4.69) is 17.2 Å². The maximum atomic E-state index is 12.9. The molecule has 5 heteroatoms. The molecule has 1 aromatic carbocycles. The van der Waals surface area contributed by atoms with Gasteiger partial charge in [0.25, 0.3) is 5.56 Å². The minimum absolute atomic E-state index is 0.0351. The van der Waals surface area contributed by atoms with Crippen molar-refractivity contribution in [2.75, 3.05) is 6.54 Å². The molecule has 1 aromatic heterocycles. The number of aromatic nitrogens is 2. The summed E-state index contributed by atoms with van der Waals surface area (Å²) in [5.41, 5.74) is 3.22. The molecule has 2 aliphatic rings. The highest BCUT2D eigenvalue weighted by atomic mass is 16.2. The lowest BCUT2D eigenvalue weighted by Crippen LogP contribution is -2.42. The van der Waals surface area contributed by atoms with Gasteiger partial charge in [-0.05, 0) is 43.4 Å². The second-order valence-corrected chi connectivity index (χ2v) is 6.77. The molecule has 1 atom stereocenters. The Balaban J connectivity index is 1.56. The first-order valence-corrected chi connectivity index (χ1v) is 8.59. The molecule has 0 unspecified atom stereocenters. The molecule has 2 aromatic rings. The second-order valence-electron chi connectivity index (χ2n) is 6.77. The van der Waals surface area contributed by atoms with Crippen LogP contribution in [0, 0.1) is 0 Å². The quantitative estimate of drug-likeness (QED) is 0.871. The number of fused-ring (bicyclic) bond motifs is 1. The number of carbonyl (C=O) groups excluding carboxylic acids is 1. The van der Waals surface area contributed by atoms with Gasteiger partial charge in [0.2, 0.25) is 5.91 Å². The molecule has 4 rings (SSSR count). The van der Waals surface area contributed by atoms with Crippen LogP contribution in [-0.2, 0) is 17.8 Å². The van der Waals surface area contributed by atoms with E-state index in [1.807, 2.05) is 17.0 Å². The smallest absolute Gasteiger partial charge is 0.267 e. The zero-order valence-corrected chi connectivity index (χ0v) is 13.8. The minimum atomic E-state index is -0.568. The molecule has 1 saturated carbocycles. The first-order valence-electron chi connectivity index (χ1n) is 8.59. The van der Waals surface area contributed by atoms with Crippen LogP contribution in [0.2, 0.25) is 0 Å². The third kappa shape index (κ3) is 2.75. The topological polar surface area (TPSA) is 55.2 Å². The van der Waals surface area contributed by atoms with Crippen molar-refractivity contribution in [3.63, 3.8) is 0 Å². The Labute approximate surface area is 140 Å². The number of nitrogens with zero attached hydrogens (tertiary/aromatic N) is 3. The molecule has 1 aliphatic heterocycles. The van der Waals surface area contributed by atoms with Crippen molar-refractivity contribution in [2.24, 2.45) is 0 Å². The van der Waals surface area contributed by atoms with E-state index in [1.54, 1.807) is 13.0 Å². The number of amides is 1. The van der Waals surface area contributed by atoms with Crippen LogP contribution < -0.4 is 5.56 Å². The van der Waals surface area contributed by atoms with Crippen molar-refractivity contribution in [3.8, 4) is 0 Å². The highest BCUT2D eigenvalue weighted by Gasteiger charge is 2.29. The Hall–Kier alpha value is -2.43. The summed E-state index contributed by atoms with van der Waals surface area (Å²) in [6, 6.07) is 11.0. The maximum Gasteiger partial charge on any atom is 0.267 e. The lowest BCUT2D eigenvalue weighted by atomic mass is 9.99. The van der Waals surface area contributed by atoms with E-state index in [4.69, 9.17) is 0 Å². The van der Waals surface area contributed by atoms with Gasteiger partial charge in [-0.15, -0.1) is 0 Å². The Morgan fingerprint density at radius 3 is 2.67 bits per heavy atom. The van der Waals surface area contributed by atoms with Crippen LogP contribution in [0.4, 0.5) is 0 Å². The van der Waals surface area contributed by atoms with E-state index in [0.717, 1.165) is 25.0 Å². The predicted octanol–water partition coefficient (Wildman–Crippen LogP) is 2.27. The summed E-state index contributed by atoms with van der Waals surface area (Å²) in [7, 11) is 0. The molecule has 2 heterocycles. The van der Waals surface area contributed by atoms with Gasteiger partial charge in [-0.3, -0.25) is 9.59 Å². The SMILES string of the molecule is C[C@H](C(=O)N1CCc2ccccc2C1)n1nc(C2CC2)ccc1=O. The fourth-order valence-corrected chi connectivity index (χ4v) is 3.37. The van der Waals surface area contributed by atoms with Gasteiger partial charge in [0.05, 0.1) is 5.69 Å². The predicted molar refractivity (Wildman–Crippen MR) is 90.7 cm³/mol. The van der Waals surface area contributed by atoms with Gasteiger partial charge in [0.1, 0.15) is 6.04 Å². The fourth-order valence-electron chi connectivity index (χ4n) is 3.37. The molecule has 24 heavy (non-hydrogen) atoms. The van der Waals surface area contributed by atoms with Crippen LogP contribution >= 0.6 is 0 Å². The minimum Gasteiger partial charge on any atom is -0.336 e. The van der Waals surface area contributed by atoms with Gasteiger partial charge < -0.3 is 4.90 Å². The van der Waals surface area contributed by atoms with Crippen molar-refractivity contribution < 1.29 is 4.79 Å². The lowest BCUT2D eigenvalue weighted by Gasteiger charge is -2.31. The van der Waals surface area contributed by atoms with Crippen LogP contribution in [0.5, 0.6) is 0 Å². The molecule has 0 spiro atoms. The molecular formula is C19H21N3O2. The summed E-state index contributed by atoms with van der Waals surface area (Å²) < 4.78 is 1.36. The van der Waals surface area contributed by atoms with E-state index >= 15 is 0 Å². The van der Waals surface area contributed by atoms with Crippen LogP contribution in [-0.4, -0.2) is 27.1 Å². The van der Waals surface area contributed by atoms with Crippen molar-refractivity contribution in [2.45, 2.75) is 44.7 Å². The molecule has 5 nitrogen and oxygen atoms in total. The third-order valence-electron chi connectivity index (χ3n) is 5.01. The average molecular weight is 323 g/mol. The van der Waals surface area contributed by atoms with E-state index in [0.29, 0.717) is 19.0 Å². The summed E-state index contributed by atoms with van der Waals surface area (Å²) in [6.45, 7) is 3.07. The molecule has 1 fully saturated rings. The van der Waals surface area contributed by atoms with Gasteiger partial charge >= 0.3 is 0 Å². The third-order valence-corrected chi connectivity index (χ3v) is 5.01. The Bertz CT molecular complexity index is 839. The van der Waals surface area contributed by atoms with Gasteiger partial charge in [-0.1, -0.05) is 24.3 Å². The molecule has 0 bridgehead atoms. The molecule has 0 N–H and O–H groups in total. The number of rotatable bonds is 3. The lowest BCUT2D eigenvalue weighted by molar-refractivity contribution is -0.135. The number of hydrogen-bond acceptors (Lipinski definition) is 3. The molecule has 0 radical (unpaired) electrons. The van der Waals surface area contributed by atoms with E-state index < -0.39 is 6.04 Å². The van der Waals surface area contributed by atoms with E-state index in [1.165, 1.54) is 21.9 Å². The number of benzene rings is 1. The average Bonchev–Trinajstić information content (AvgIpc) is 3.45. The maximum absolute atomic E-state index is 12.9. The zero-order valence-electron chi connectivity index (χ0n) is 13.8. The van der Waals surface area contributed by atoms with Crippen LogP contribution in [0.25, 0.3) is 0 Å². The first-order chi connectivity index (χ1) is 11.6. The Morgan fingerprint density at radius 1 is 1.17 bits per heavy atom. The zero-order chi connectivity index (χ0) is 16.7. The van der Waals surface area contributed by atoms with Gasteiger partial charge in [0, 0.05) is 25.1 Å². The molecular weight excluding hydrogens is 302 g/mol. The van der Waals surface area contributed by atoms with Crippen LogP contribution in [0.15, 0.2) is 41.2 Å². The van der Waals surface area contributed by atoms with Crippen molar-refractivity contribution in [3.05, 3.63) is 63.6 Å². The molecule has 124 valence electrons. The standard InChI is InChI=1S/C19H21N3O2/c1-13(22-18(23)9-8-17(20-22)15-6-7-15)19(24)21-11-10-14-4-2-3-5-16(14)12-21/h2-5,8-9,13,15H,6-7,10-12H2,1H3/t13-/m1/s1. The molecule has 0 saturated heterocycles. The Kier molecular flexibility index (Phi) is 3.71. The summed E-state index contributed by atoms with van der Waals surface area (Å²) in [6.07, 6.45) is 3.10. The Morgan fingerprint density at radius 2 is 1.92 bits per heavy atom. The van der Waals surface area contributed by atoms with Crippen LogP contribution in [0.3, 0.4) is 0 Å². The highest BCUT2D eigenvalue weighted by molar-refractivity contribution is 5.80. The van der Waals surface area contributed by atoms with Gasteiger partial charge in [-0.25, -0.2) is 4.68 Å². The van der Waals surface area contributed by atoms with E-state index in [-0.39, 0.29) is 11.5 Å².